The number of carbonyl (C=O) groups excluding carboxylic acids is 1. The van der Waals surface area contributed by atoms with Crippen molar-refractivity contribution < 1.29 is 4.79 Å². The number of nitrogens with one attached hydrogen (secondary N) is 2. The fourth-order valence-electron chi connectivity index (χ4n) is 2.68. The van der Waals surface area contributed by atoms with E-state index >= 15 is 0 Å². The van der Waals surface area contributed by atoms with Crippen molar-refractivity contribution in [1.29, 1.82) is 0 Å². The second kappa shape index (κ2) is 7.30. The predicted molar refractivity (Wildman–Crippen MR) is 97.4 cm³/mol. The van der Waals surface area contributed by atoms with Crippen molar-refractivity contribution in [2.45, 2.75) is 26.2 Å². The average Bonchev–Trinajstić information content (AvgIpc) is 3.15. The first-order chi connectivity index (χ1) is 11.0. The van der Waals surface area contributed by atoms with Crippen LogP contribution in [0.4, 0.5) is 0 Å². The fourth-order valence-corrected chi connectivity index (χ4v) is 4.61. The number of thiophene rings is 1. The lowest BCUT2D eigenvalue weighted by Gasteiger charge is -2.34. The highest BCUT2D eigenvalue weighted by Crippen LogP contribution is 2.33. The summed E-state index contributed by atoms with van der Waals surface area (Å²) in [5.74, 6) is 0.0471. The van der Waals surface area contributed by atoms with Crippen molar-refractivity contribution in [3.63, 3.8) is 0 Å². The van der Waals surface area contributed by atoms with E-state index in [0.717, 1.165) is 52.4 Å². The van der Waals surface area contributed by atoms with Crippen molar-refractivity contribution in [1.82, 2.24) is 15.6 Å². The van der Waals surface area contributed by atoms with Crippen molar-refractivity contribution in [2.24, 2.45) is 5.41 Å². The van der Waals surface area contributed by atoms with Gasteiger partial charge in [-0.3, -0.25) is 4.79 Å². The molecular weight excluding hydrogens is 350 g/mol. The molecule has 0 atom stereocenters. The van der Waals surface area contributed by atoms with E-state index in [1.807, 2.05) is 17.5 Å². The van der Waals surface area contributed by atoms with Gasteiger partial charge in [-0.2, -0.15) is 0 Å². The molecule has 1 amide bonds. The zero-order valence-corrected chi connectivity index (χ0v) is 15.4. The maximum atomic E-state index is 12.2. The standard InChI is InChI=1S/C16H20ClN3OS2/c1-16(4-6-18-7-5-16)10-19-14(21)8-11-9-22-15(20-11)12-2-3-13(17)23-12/h2-3,9,18H,4-8,10H2,1H3,(H,19,21). The third-order valence-corrected chi connectivity index (χ3v) is 6.49. The molecule has 2 N–H and O–H groups in total. The summed E-state index contributed by atoms with van der Waals surface area (Å²) in [6.45, 7) is 5.05. The number of nitrogens with zero attached hydrogens (tertiary/aromatic N) is 1. The SMILES string of the molecule is CC1(CNC(=O)Cc2csc(-c3ccc(Cl)s3)n2)CCNCC1. The molecule has 0 unspecified atom stereocenters. The average molecular weight is 370 g/mol. The van der Waals surface area contributed by atoms with E-state index in [9.17, 15) is 4.79 Å². The Bertz CT molecular complexity index is 676. The van der Waals surface area contributed by atoms with E-state index in [1.54, 1.807) is 11.3 Å². The van der Waals surface area contributed by atoms with Gasteiger partial charge >= 0.3 is 0 Å². The summed E-state index contributed by atoms with van der Waals surface area (Å²) in [5, 5.41) is 9.31. The first-order valence-corrected chi connectivity index (χ1v) is 9.79. The quantitative estimate of drug-likeness (QED) is 0.847. The maximum Gasteiger partial charge on any atom is 0.226 e. The number of thiazole rings is 1. The van der Waals surface area contributed by atoms with Gasteiger partial charge in [0.15, 0.2) is 0 Å². The lowest BCUT2D eigenvalue weighted by atomic mass is 9.81. The van der Waals surface area contributed by atoms with Crippen molar-refractivity contribution in [3.05, 3.63) is 27.5 Å². The summed E-state index contributed by atoms with van der Waals surface area (Å²) in [5.41, 5.74) is 1.03. The number of halogens is 1. The maximum absolute atomic E-state index is 12.2. The molecule has 1 aliphatic rings. The Morgan fingerprint density at radius 1 is 1.43 bits per heavy atom. The molecule has 0 aromatic carbocycles. The van der Waals surface area contributed by atoms with Gasteiger partial charge in [-0.25, -0.2) is 4.98 Å². The number of rotatable bonds is 5. The summed E-state index contributed by atoms with van der Waals surface area (Å²) in [6, 6.07) is 3.84. The summed E-state index contributed by atoms with van der Waals surface area (Å²) in [4.78, 5) is 17.8. The number of hydrogen-bond acceptors (Lipinski definition) is 5. The van der Waals surface area contributed by atoms with E-state index in [1.165, 1.54) is 11.3 Å². The Morgan fingerprint density at radius 3 is 2.91 bits per heavy atom. The van der Waals surface area contributed by atoms with Crippen LogP contribution in [-0.2, 0) is 11.2 Å². The molecule has 0 aliphatic carbocycles. The van der Waals surface area contributed by atoms with Gasteiger partial charge in [0.25, 0.3) is 0 Å². The highest BCUT2D eigenvalue weighted by molar-refractivity contribution is 7.23. The lowest BCUT2D eigenvalue weighted by molar-refractivity contribution is -0.121. The number of hydrogen-bond donors (Lipinski definition) is 2. The second-order valence-corrected chi connectivity index (χ2v) is 8.84. The molecule has 3 rings (SSSR count). The van der Waals surface area contributed by atoms with Gasteiger partial charge in [-0.15, -0.1) is 22.7 Å². The molecule has 2 aromatic rings. The summed E-state index contributed by atoms with van der Waals surface area (Å²) in [7, 11) is 0. The van der Waals surface area contributed by atoms with Crippen LogP contribution >= 0.6 is 34.3 Å². The first kappa shape index (κ1) is 16.9. The largest absolute Gasteiger partial charge is 0.355 e. The molecule has 23 heavy (non-hydrogen) atoms. The van der Waals surface area contributed by atoms with E-state index in [4.69, 9.17) is 11.6 Å². The summed E-state index contributed by atoms with van der Waals surface area (Å²) in [6.07, 6.45) is 2.55. The van der Waals surface area contributed by atoms with Crippen LogP contribution in [0.15, 0.2) is 17.5 Å². The molecule has 0 radical (unpaired) electrons. The number of piperidine rings is 1. The Labute approximate surface area is 149 Å². The molecule has 7 heteroatoms. The van der Waals surface area contributed by atoms with Crippen LogP contribution in [0.3, 0.4) is 0 Å². The van der Waals surface area contributed by atoms with Gasteiger partial charge in [0.1, 0.15) is 5.01 Å². The monoisotopic (exact) mass is 369 g/mol. The number of aromatic nitrogens is 1. The molecule has 0 saturated carbocycles. The van der Waals surface area contributed by atoms with Gasteiger partial charge in [-0.05, 0) is 43.5 Å². The van der Waals surface area contributed by atoms with Crippen LogP contribution in [0.1, 0.15) is 25.5 Å². The Balaban J connectivity index is 1.53. The molecule has 0 bridgehead atoms. The zero-order valence-electron chi connectivity index (χ0n) is 13.0. The van der Waals surface area contributed by atoms with Crippen LogP contribution in [0.2, 0.25) is 4.34 Å². The zero-order chi connectivity index (χ0) is 16.3. The highest BCUT2D eigenvalue weighted by atomic mass is 35.5. The minimum Gasteiger partial charge on any atom is -0.355 e. The third kappa shape index (κ3) is 4.53. The van der Waals surface area contributed by atoms with E-state index in [0.29, 0.717) is 6.42 Å². The van der Waals surface area contributed by atoms with Gasteiger partial charge in [-0.1, -0.05) is 18.5 Å². The van der Waals surface area contributed by atoms with Gasteiger partial charge in [0.05, 0.1) is 21.3 Å². The molecule has 1 fully saturated rings. The number of amides is 1. The van der Waals surface area contributed by atoms with Crippen LogP contribution in [-0.4, -0.2) is 30.5 Å². The van der Waals surface area contributed by atoms with Gasteiger partial charge in [0.2, 0.25) is 5.91 Å². The van der Waals surface area contributed by atoms with Gasteiger partial charge < -0.3 is 10.6 Å². The molecule has 1 saturated heterocycles. The second-order valence-electron chi connectivity index (χ2n) is 6.26. The molecular formula is C16H20ClN3OS2. The van der Waals surface area contributed by atoms with Gasteiger partial charge in [0, 0.05) is 11.9 Å². The van der Waals surface area contributed by atoms with Crippen molar-refractivity contribution >= 4 is 40.2 Å². The van der Waals surface area contributed by atoms with E-state index in [2.05, 4.69) is 22.5 Å². The van der Waals surface area contributed by atoms with E-state index in [-0.39, 0.29) is 11.3 Å². The summed E-state index contributed by atoms with van der Waals surface area (Å²) >= 11 is 9.02. The number of carbonyl (C=O) groups is 1. The molecule has 2 aromatic heterocycles. The Hall–Kier alpha value is -0.950. The predicted octanol–water partition coefficient (Wildman–Crippen LogP) is 3.57. The Kier molecular flexibility index (Phi) is 5.36. The fraction of sp³-hybridized carbons (Fsp3) is 0.500. The highest BCUT2D eigenvalue weighted by Gasteiger charge is 2.27. The Morgan fingerprint density at radius 2 is 2.22 bits per heavy atom. The molecule has 124 valence electrons. The minimum absolute atomic E-state index is 0.0471. The topological polar surface area (TPSA) is 54.0 Å². The summed E-state index contributed by atoms with van der Waals surface area (Å²) < 4.78 is 0.754. The van der Waals surface area contributed by atoms with Crippen molar-refractivity contribution in [3.8, 4) is 9.88 Å². The molecule has 4 nitrogen and oxygen atoms in total. The molecule has 0 spiro atoms. The minimum atomic E-state index is 0.0471. The third-order valence-electron chi connectivity index (χ3n) is 4.20. The van der Waals surface area contributed by atoms with Crippen molar-refractivity contribution in [2.75, 3.05) is 19.6 Å². The lowest BCUT2D eigenvalue weighted by Crippen LogP contribution is -2.43. The smallest absolute Gasteiger partial charge is 0.226 e. The molecule has 1 aliphatic heterocycles. The van der Waals surface area contributed by atoms with Crippen LogP contribution in [0.25, 0.3) is 9.88 Å². The van der Waals surface area contributed by atoms with E-state index < -0.39 is 0 Å². The van der Waals surface area contributed by atoms with Crippen LogP contribution < -0.4 is 10.6 Å². The van der Waals surface area contributed by atoms with Crippen LogP contribution in [0, 0.1) is 5.41 Å². The molecule has 3 heterocycles. The first-order valence-electron chi connectivity index (χ1n) is 7.72. The van der Waals surface area contributed by atoms with Crippen LogP contribution in [0.5, 0.6) is 0 Å². The normalized spacial score (nSPS) is 17.1.